The van der Waals surface area contributed by atoms with Gasteiger partial charge in [0, 0.05) is 22.3 Å². The van der Waals surface area contributed by atoms with Crippen LogP contribution in [0.3, 0.4) is 0 Å². The third-order valence-electron chi connectivity index (χ3n) is 3.54. The molecule has 0 aliphatic heterocycles. The van der Waals surface area contributed by atoms with Crippen LogP contribution in [0.1, 0.15) is 31.8 Å². The molecule has 0 atom stereocenters. The van der Waals surface area contributed by atoms with Gasteiger partial charge in [0.2, 0.25) is 0 Å². The topological polar surface area (TPSA) is 149 Å². The van der Waals surface area contributed by atoms with Crippen molar-refractivity contribution in [3.8, 4) is 0 Å². The van der Waals surface area contributed by atoms with E-state index >= 15 is 0 Å². The first-order valence-corrected chi connectivity index (χ1v) is 9.11. The van der Waals surface area contributed by atoms with E-state index in [9.17, 15) is 35.5 Å². The molecule has 0 unspecified atom stereocenters. The summed E-state index contributed by atoms with van der Waals surface area (Å²) in [6, 6.07) is 5.37. The maximum atomic E-state index is 12.4. The Morgan fingerprint density at radius 2 is 0.885 bits per heavy atom. The standard InChI is InChI=1S/C14H8O8S2.2K/c15-13-9-3-1-7(23(17,18)19)5-11(9)14(16)10-4-2-8(6-12(10)13)24(20,21)22;;/h1-6H,(H,17,18,19)(H,20,21,22);;/q;2*+1/p-2. The van der Waals surface area contributed by atoms with E-state index in [-0.39, 0.29) is 125 Å². The molecule has 0 amide bonds. The van der Waals surface area contributed by atoms with Gasteiger partial charge >= 0.3 is 103 Å². The van der Waals surface area contributed by atoms with Crippen LogP contribution in [-0.4, -0.2) is 37.5 Å². The molecule has 0 saturated carbocycles. The second-order valence-electron chi connectivity index (χ2n) is 4.98. The molecular weight excluding hydrogens is 438 g/mol. The number of carbonyl (C=O) groups excluding carboxylic acids is 2. The molecule has 1 aliphatic rings. The van der Waals surface area contributed by atoms with Gasteiger partial charge < -0.3 is 9.11 Å². The molecule has 0 aromatic heterocycles. The van der Waals surface area contributed by atoms with Gasteiger partial charge in [-0.2, -0.15) is 0 Å². The van der Waals surface area contributed by atoms with Crippen LogP contribution >= 0.6 is 0 Å². The summed E-state index contributed by atoms with van der Waals surface area (Å²) in [7, 11) is -9.63. The zero-order valence-corrected chi connectivity index (χ0v) is 21.4. The molecule has 0 heterocycles. The van der Waals surface area contributed by atoms with Crippen LogP contribution in [0.2, 0.25) is 0 Å². The predicted molar refractivity (Wildman–Crippen MR) is 75.7 cm³/mol. The number of ketones is 2. The second kappa shape index (κ2) is 8.71. The Morgan fingerprint density at radius 1 is 0.577 bits per heavy atom. The fourth-order valence-corrected chi connectivity index (χ4v) is 3.41. The number of hydrogen-bond donors (Lipinski definition) is 0. The van der Waals surface area contributed by atoms with Crippen molar-refractivity contribution in [2.45, 2.75) is 9.79 Å². The van der Waals surface area contributed by atoms with Crippen LogP contribution in [0.5, 0.6) is 0 Å². The van der Waals surface area contributed by atoms with Crippen molar-refractivity contribution >= 4 is 31.8 Å². The summed E-state index contributed by atoms with van der Waals surface area (Å²) in [6.45, 7) is 0. The van der Waals surface area contributed by atoms with Crippen LogP contribution in [0, 0.1) is 0 Å². The van der Waals surface area contributed by atoms with E-state index in [1.165, 1.54) is 0 Å². The molecule has 1 aliphatic carbocycles. The van der Waals surface area contributed by atoms with Gasteiger partial charge in [0.05, 0.1) is 9.79 Å². The van der Waals surface area contributed by atoms with E-state index in [1.807, 2.05) is 0 Å². The van der Waals surface area contributed by atoms with Crippen LogP contribution < -0.4 is 103 Å². The van der Waals surface area contributed by atoms with Gasteiger partial charge in [-0.3, -0.25) is 9.59 Å². The van der Waals surface area contributed by atoms with Crippen molar-refractivity contribution in [3.63, 3.8) is 0 Å². The molecule has 2 aromatic carbocycles. The van der Waals surface area contributed by atoms with Crippen molar-refractivity contribution in [1.82, 2.24) is 0 Å². The number of rotatable bonds is 2. The average Bonchev–Trinajstić information content (AvgIpc) is 2.49. The fraction of sp³-hybridized carbons (Fsp3) is 0. The van der Waals surface area contributed by atoms with Gasteiger partial charge in [-0.25, -0.2) is 16.8 Å². The number of fused-ring (bicyclic) bond motifs is 2. The van der Waals surface area contributed by atoms with Crippen LogP contribution in [0.15, 0.2) is 46.2 Å². The Morgan fingerprint density at radius 3 is 1.15 bits per heavy atom. The number of benzene rings is 2. The normalized spacial score (nSPS) is 13.2. The Kier molecular flexibility index (Phi) is 8.34. The minimum Gasteiger partial charge on any atom is -0.744 e. The molecule has 0 radical (unpaired) electrons. The molecule has 124 valence electrons. The molecule has 8 nitrogen and oxygen atoms in total. The molecule has 3 rings (SSSR count). The molecule has 0 fully saturated rings. The van der Waals surface area contributed by atoms with Crippen molar-refractivity contribution < 1.29 is 138 Å². The van der Waals surface area contributed by atoms with Crippen molar-refractivity contribution in [2.75, 3.05) is 0 Å². The van der Waals surface area contributed by atoms with Crippen LogP contribution in [0.25, 0.3) is 0 Å². The Bertz CT molecular complexity index is 1050. The van der Waals surface area contributed by atoms with E-state index in [0.29, 0.717) is 0 Å². The van der Waals surface area contributed by atoms with Crippen molar-refractivity contribution in [2.24, 2.45) is 0 Å². The monoisotopic (exact) mass is 444 g/mol. The van der Waals surface area contributed by atoms with Gasteiger partial charge in [-0.1, -0.05) is 0 Å². The summed E-state index contributed by atoms with van der Waals surface area (Å²) in [5.74, 6) is -1.50. The summed E-state index contributed by atoms with van der Waals surface area (Å²) in [5, 5.41) is 0. The molecule has 2 aromatic rings. The van der Waals surface area contributed by atoms with Gasteiger partial charge in [0.1, 0.15) is 20.2 Å². The SMILES string of the molecule is O=C1c2ccc(S(=O)(=O)[O-])cc2C(=O)c2ccc(S(=O)(=O)[O-])cc21.[K+].[K+]. The van der Waals surface area contributed by atoms with E-state index in [4.69, 9.17) is 0 Å². The van der Waals surface area contributed by atoms with E-state index in [1.54, 1.807) is 0 Å². The number of hydrogen-bond acceptors (Lipinski definition) is 8. The van der Waals surface area contributed by atoms with Crippen molar-refractivity contribution in [1.29, 1.82) is 0 Å². The van der Waals surface area contributed by atoms with Gasteiger partial charge in [0.15, 0.2) is 11.6 Å². The Labute approximate surface area is 234 Å². The fourth-order valence-electron chi connectivity index (χ4n) is 2.42. The Hall–Kier alpha value is 0.873. The summed E-state index contributed by atoms with van der Waals surface area (Å²) in [5.41, 5.74) is -0.912. The summed E-state index contributed by atoms with van der Waals surface area (Å²) in [4.78, 5) is 23.5. The summed E-state index contributed by atoms with van der Waals surface area (Å²) >= 11 is 0. The molecule has 0 N–H and O–H groups in total. The molecule has 12 heteroatoms. The predicted octanol–water partition coefficient (Wildman–Crippen LogP) is -5.72. The first-order chi connectivity index (χ1) is 11.0. The summed E-state index contributed by atoms with van der Waals surface area (Å²) in [6.07, 6.45) is 0. The first kappa shape index (κ1) is 24.9. The van der Waals surface area contributed by atoms with Crippen LogP contribution in [0.4, 0.5) is 0 Å². The quantitative estimate of drug-likeness (QED) is 0.280. The van der Waals surface area contributed by atoms with Gasteiger partial charge in [-0.15, -0.1) is 0 Å². The third-order valence-corrected chi connectivity index (χ3v) is 5.20. The van der Waals surface area contributed by atoms with Gasteiger partial charge in [-0.05, 0) is 36.4 Å². The maximum absolute atomic E-state index is 12.4. The van der Waals surface area contributed by atoms with Crippen molar-refractivity contribution in [3.05, 3.63) is 58.7 Å². The minimum absolute atomic E-state index is 0. The van der Waals surface area contributed by atoms with E-state index in [2.05, 4.69) is 0 Å². The molecular formula is C14H6K2O8S2. The number of carbonyl (C=O) groups is 2. The smallest absolute Gasteiger partial charge is 0.744 e. The maximum Gasteiger partial charge on any atom is 1.00 e. The van der Waals surface area contributed by atoms with E-state index in [0.717, 1.165) is 36.4 Å². The van der Waals surface area contributed by atoms with E-state index < -0.39 is 41.6 Å². The second-order valence-corrected chi connectivity index (χ2v) is 7.74. The molecule has 0 spiro atoms. The molecule has 26 heavy (non-hydrogen) atoms. The summed E-state index contributed by atoms with van der Waals surface area (Å²) < 4.78 is 66.3. The Balaban J connectivity index is 0.00000169. The van der Waals surface area contributed by atoms with Crippen LogP contribution in [-0.2, 0) is 20.2 Å². The molecule has 0 bridgehead atoms. The molecule has 0 saturated heterocycles. The zero-order chi connectivity index (χ0) is 17.9. The largest absolute Gasteiger partial charge is 1.00 e. The third kappa shape index (κ3) is 4.71. The first-order valence-electron chi connectivity index (χ1n) is 6.29. The average molecular weight is 445 g/mol. The minimum atomic E-state index is -4.81. The zero-order valence-electron chi connectivity index (χ0n) is 13.5. The van der Waals surface area contributed by atoms with Gasteiger partial charge in [0.25, 0.3) is 0 Å².